The maximum atomic E-state index is 2.98. The molecule has 0 aliphatic heterocycles. The van der Waals surface area contributed by atoms with Crippen LogP contribution in [0.3, 0.4) is 0 Å². The van der Waals surface area contributed by atoms with Crippen LogP contribution in [0.4, 0.5) is 0 Å². The fourth-order valence-electron chi connectivity index (χ4n) is 0.431. The van der Waals surface area contributed by atoms with Crippen molar-refractivity contribution in [2.45, 2.75) is 32.4 Å². The van der Waals surface area contributed by atoms with E-state index in [1.165, 1.54) is 3.75 Å². The zero-order valence-corrected chi connectivity index (χ0v) is 8.35. The van der Waals surface area contributed by atoms with Gasteiger partial charge in [0.25, 0.3) is 0 Å². The summed E-state index contributed by atoms with van der Waals surface area (Å²) < 4.78 is 1.69. The standard InChI is InChI=1S/C6H12SSe/c1-5(8)7-6(2,3)4/h1-4H3. The summed E-state index contributed by atoms with van der Waals surface area (Å²) in [6, 6.07) is 0. The van der Waals surface area contributed by atoms with E-state index in [0.717, 1.165) is 0 Å². The van der Waals surface area contributed by atoms with E-state index in [0.29, 0.717) is 4.75 Å². The summed E-state index contributed by atoms with van der Waals surface area (Å²) in [7, 11) is 0. The first-order valence-corrected chi connectivity index (χ1v) is 4.29. The number of rotatable bonds is 1. The minimum absolute atomic E-state index is 0.370. The third-order valence-electron chi connectivity index (χ3n) is 0.450. The van der Waals surface area contributed by atoms with Crippen LogP contribution in [-0.2, 0) is 0 Å². The van der Waals surface area contributed by atoms with Gasteiger partial charge in [0.2, 0.25) is 0 Å². The van der Waals surface area contributed by atoms with Gasteiger partial charge in [-0.1, -0.05) is 0 Å². The molecule has 0 atom stereocenters. The number of hydrogen-bond acceptors (Lipinski definition) is 1. The van der Waals surface area contributed by atoms with Gasteiger partial charge in [-0.3, -0.25) is 0 Å². The molecule has 0 saturated heterocycles. The molecule has 8 heavy (non-hydrogen) atoms. The fourth-order valence-corrected chi connectivity index (χ4v) is 2.87. The van der Waals surface area contributed by atoms with Crippen LogP contribution in [0.2, 0.25) is 0 Å². The summed E-state index contributed by atoms with van der Waals surface area (Å²) in [5.74, 6) is 0. The first-order chi connectivity index (χ1) is 3.42. The molecule has 0 aromatic carbocycles. The van der Waals surface area contributed by atoms with E-state index in [2.05, 4.69) is 43.3 Å². The molecule has 0 amide bonds. The summed E-state index contributed by atoms with van der Waals surface area (Å²) in [5.41, 5.74) is 0. The summed E-state index contributed by atoms with van der Waals surface area (Å²) in [6.07, 6.45) is 0. The monoisotopic (exact) mass is 196 g/mol. The Morgan fingerprint density at radius 1 is 1.38 bits per heavy atom. The van der Waals surface area contributed by atoms with Gasteiger partial charge >= 0.3 is 63.5 Å². The molecule has 0 heterocycles. The maximum absolute atomic E-state index is 2.98. The Bertz CT molecular complexity index is 91.2. The van der Waals surface area contributed by atoms with E-state index in [9.17, 15) is 0 Å². The Morgan fingerprint density at radius 2 is 1.75 bits per heavy atom. The normalized spacial score (nSPS) is 11.5. The van der Waals surface area contributed by atoms with Crippen LogP contribution in [0.1, 0.15) is 27.7 Å². The Kier molecular flexibility index (Phi) is 3.33. The predicted octanol–water partition coefficient (Wildman–Crippen LogP) is 1.84. The molecule has 0 bridgehead atoms. The molecular weight excluding hydrogens is 183 g/mol. The van der Waals surface area contributed by atoms with Crippen LogP contribution in [0.5, 0.6) is 0 Å². The van der Waals surface area contributed by atoms with Crippen LogP contribution in [0, 0.1) is 0 Å². The molecule has 0 aromatic rings. The average molecular weight is 195 g/mol. The van der Waals surface area contributed by atoms with Crippen molar-refractivity contribution in [3.63, 3.8) is 0 Å². The predicted molar refractivity (Wildman–Crippen MR) is 43.8 cm³/mol. The van der Waals surface area contributed by atoms with Crippen molar-refractivity contribution in [2.24, 2.45) is 0 Å². The van der Waals surface area contributed by atoms with Crippen molar-refractivity contribution in [1.29, 1.82) is 0 Å². The van der Waals surface area contributed by atoms with Crippen molar-refractivity contribution >= 4 is 31.1 Å². The van der Waals surface area contributed by atoms with E-state index in [1.54, 1.807) is 0 Å². The van der Waals surface area contributed by atoms with Gasteiger partial charge in [-0.05, 0) is 0 Å². The second kappa shape index (κ2) is 3.05. The molecule has 2 heteroatoms. The van der Waals surface area contributed by atoms with E-state index >= 15 is 0 Å². The molecule has 0 unspecified atom stereocenters. The summed E-state index contributed by atoms with van der Waals surface area (Å²) in [5, 5.41) is 0. The third kappa shape index (κ3) is 6.74. The molecule has 48 valence electrons. The molecule has 0 radical (unpaired) electrons. The Labute approximate surface area is 63.8 Å². The van der Waals surface area contributed by atoms with Gasteiger partial charge in [0.15, 0.2) is 0 Å². The molecule has 0 fully saturated rings. The minimum atomic E-state index is 0.370. The van der Waals surface area contributed by atoms with Gasteiger partial charge in [0.1, 0.15) is 0 Å². The summed E-state index contributed by atoms with van der Waals surface area (Å²) in [4.78, 5) is 0. The van der Waals surface area contributed by atoms with Crippen molar-refractivity contribution in [3.05, 3.63) is 0 Å². The van der Waals surface area contributed by atoms with Gasteiger partial charge in [-0.15, -0.1) is 0 Å². The van der Waals surface area contributed by atoms with E-state index in [-0.39, 0.29) is 0 Å². The Balaban J connectivity index is 3.55. The van der Waals surface area contributed by atoms with Crippen molar-refractivity contribution in [1.82, 2.24) is 0 Å². The second-order valence-electron chi connectivity index (χ2n) is 2.71. The van der Waals surface area contributed by atoms with Crippen molar-refractivity contribution in [3.8, 4) is 0 Å². The van der Waals surface area contributed by atoms with Crippen LogP contribution in [0.25, 0.3) is 0 Å². The molecule has 0 N–H and O–H groups in total. The molecule has 0 saturated carbocycles. The number of thioether (sulfide) groups is 1. The van der Waals surface area contributed by atoms with Crippen molar-refractivity contribution in [2.75, 3.05) is 0 Å². The van der Waals surface area contributed by atoms with Gasteiger partial charge in [-0.25, -0.2) is 0 Å². The Hall–Kier alpha value is 0.739. The quantitative estimate of drug-likeness (QED) is 0.575. The van der Waals surface area contributed by atoms with E-state index < -0.39 is 0 Å². The fraction of sp³-hybridized carbons (Fsp3) is 0.833. The van der Waals surface area contributed by atoms with Crippen LogP contribution < -0.4 is 0 Å². The molecular formula is C6H12SSe. The third-order valence-corrected chi connectivity index (χ3v) is 1.87. The zero-order chi connectivity index (χ0) is 6.78. The molecule has 0 aliphatic rings. The van der Waals surface area contributed by atoms with Crippen LogP contribution in [-0.4, -0.2) is 24.1 Å². The zero-order valence-electron chi connectivity index (χ0n) is 5.82. The van der Waals surface area contributed by atoms with Crippen LogP contribution >= 0.6 is 11.8 Å². The topological polar surface area (TPSA) is 0 Å². The van der Waals surface area contributed by atoms with Gasteiger partial charge < -0.3 is 0 Å². The number of hydrogen-bond donors (Lipinski definition) is 0. The van der Waals surface area contributed by atoms with E-state index in [1.807, 2.05) is 11.8 Å². The SMILES string of the molecule is CC(=[Se])SC(C)(C)C. The molecule has 0 spiro atoms. The molecule has 0 rings (SSSR count). The van der Waals surface area contributed by atoms with Crippen molar-refractivity contribution < 1.29 is 0 Å². The summed E-state index contributed by atoms with van der Waals surface area (Å²) >= 11 is 4.85. The van der Waals surface area contributed by atoms with Gasteiger partial charge in [-0.2, -0.15) is 0 Å². The first kappa shape index (κ1) is 8.74. The van der Waals surface area contributed by atoms with Gasteiger partial charge in [0, 0.05) is 0 Å². The van der Waals surface area contributed by atoms with E-state index in [4.69, 9.17) is 0 Å². The second-order valence-corrected chi connectivity index (χ2v) is 6.62. The molecule has 0 aromatic heterocycles. The Morgan fingerprint density at radius 3 is 1.75 bits per heavy atom. The molecule has 0 aliphatic carbocycles. The first-order valence-electron chi connectivity index (χ1n) is 2.61. The van der Waals surface area contributed by atoms with Crippen LogP contribution in [0.15, 0.2) is 0 Å². The molecule has 0 nitrogen and oxygen atoms in total. The van der Waals surface area contributed by atoms with Gasteiger partial charge in [0.05, 0.1) is 0 Å². The summed E-state index contributed by atoms with van der Waals surface area (Å²) in [6.45, 7) is 8.71. The average Bonchev–Trinajstić information content (AvgIpc) is 1.21.